The maximum atomic E-state index is 12.4. The number of methoxy groups -OCH3 is 3. The van der Waals surface area contributed by atoms with Crippen molar-refractivity contribution in [3.63, 3.8) is 0 Å². The van der Waals surface area contributed by atoms with Gasteiger partial charge in [0.05, 0.1) is 27.9 Å². The quantitative estimate of drug-likeness (QED) is 0.740. The van der Waals surface area contributed by atoms with Gasteiger partial charge in [-0.25, -0.2) is 4.79 Å². The second-order valence-electron chi connectivity index (χ2n) is 5.85. The fourth-order valence-electron chi connectivity index (χ4n) is 2.79. The van der Waals surface area contributed by atoms with Crippen molar-refractivity contribution in [1.29, 1.82) is 0 Å². The Bertz CT molecular complexity index is 705. The number of hydrogen-bond donors (Lipinski definition) is 1. The summed E-state index contributed by atoms with van der Waals surface area (Å²) in [4.78, 5) is 39.4. The topological polar surface area (TPSA) is 107 Å². The maximum absolute atomic E-state index is 12.4. The van der Waals surface area contributed by atoms with E-state index in [0.29, 0.717) is 36.0 Å². The first kappa shape index (κ1) is 21.1. The van der Waals surface area contributed by atoms with E-state index in [0.717, 1.165) is 0 Å². The van der Waals surface area contributed by atoms with Crippen LogP contribution in [0.5, 0.6) is 17.2 Å². The van der Waals surface area contributed by atoms with Crippen LogP contribution in [0.2, 0.25) is 0 Å². The number of benzene rings is 1. The van der Waals surface area contributed by atoms with Gasteiger partial charge in [0.1, 0.15) is 0 Å². The van der Waals surface area contributed by atoms with Crippen molar-refractivity contribution < 1.29 is 33.3 Å². The molecule has 1 fully saturated rings. The van der Waals surface area contributed by atoms with Gasteiger partial charge < -0.3 is 34.1 Å². The van der Waals surface area contributed by atoms with Gasteiger partial charge in [-0.1, -0.05) is 0 Å². The van der Waals surface area contributed by atoms with Crippen LogP contribution in [0.25, 0.3) is 0 Å². The third kappa shape index (κ3) is 4.76. The van der Waals surface area contributed by atoms with E-state index in [9.17, 15) is 14.4 Å². The average molecular weight is 395 g/mol. The zero-order valence-electron chi connectivity index (χ0n) is 16.4. The van der Waals surface area contributed by atoms with E-state index < -0.39 is 17.9 Å². The first-order valence-corrected chi connectivity index (χ1v) is 8.77. The van der Waals surface area contributed by atoms with E-state index in [-0.39, 0.29) is 19.7 Å². The molecule has 1 heterocycles. The largest absolute Gasteiger partial charge is 0.493 e. The summed E-state index contributed by atoms with van der Waals surface area (Å²) in [6.07, 6.45) is -0.420. The zero-order chi connectivity index (χ0) is 20.7. The predicted octanol–water partition coefficient (Wildman–Crippen LogP) is 0.952. The molecule has 0 bridgehead atoms. The molecular formula is C18H25N3O7. The molecule has 0 radical (unpaired) electrons. The number of nitrogens with one attached hydrogen (secondary N) is 1. The molecule has 1 aromatic carbocycles. The SMILES string of the molecule is CCOC(=O)N1CCN(C(=O)C(=O)Nc2cc(OC)c(OC)c(OC)c2)CC1. The highest BCUT2D eigenvalue weighted by atomic mass is 16.6. The molecule has 10 nitrogen and oxygen atoms in total. The van der Waals surface area contributed by atoms with E-state index in [1.807, 2.05) is 0 Å². The molecule has 0 aliphatic carbocycles. The summed E-state index contributed by atoms with van der Waals surface area (Å²) in [6.45, 7) is 3.13. The predicted molar refractivity (Wildman–Crippen MR) is 99.9 cm³/mol. The molecule has 1 aliphatic heterocycles. The van der Waals surface area contributed by atoms with Crippen LogP contribution in [0, 0.1) is 0 Å². The smallest absolute Gasteiger partial charge is 0.409 e. The normalized spacial score (nSPS) is 13.6. The van der Waals surface area contributed by atoms with Gasteiger partial charge in [-0.3, -0.25) is 9.59 Å². The lowest BCUT2D eigenvalue weighted by atomic mass is 10.2. The zero-order valence-corrected chi connectivity index (χ0v) is 16.4. The minimum absolute atomic E-state index is 0.250. The van der Waals surface area contributed by atoms with Gasteiger partial charge in [-0.2, -0.15) is 0 Å². The Morgan fingerprint density at radius 1 is 0.929 bits per heavy atom. The molecule has 0 saturated carbocycles. The Kier molecular flexibility index (Phi) is 7.30. The standard InChI is InChI=1S/C18H25N3O7/c1-5-28-18(24)21-8-6-20(7-9-21)17(23)16(22)19-12-10-13(25-2)15(27-4)14(11-12)26-3/h10-11H,5-9H2,1-4H3,(H,19,22). The number of ether oxygens (including phenoxy) is 4. The Balaban J connectivity index is 2.01. The van der Waals surface area contributed by atoms with Crippen LogP contribution in [-0.4, -0.2) is 81.8 Å². The number of rotatable bonds is 5. The van der Waals surface area contributed by atoms with Crippen LogP contribution in [0.1, 0.15) is 6.92 Å². The van der Waals surface area contributed by atoms with E-state index >= 15 is 0 Å². The van der Waals surface area contributed by atoms with E-state index in [2.05, 4.69) is 5.32 Å². The van der Waals surface area contributed by atoms with Gasteiger partial charge in [0, 0.05) is 44.0 Å². The number of amides is 3. The van der Waals surface area contributed by atoms with Gasteiger partial charge in [0.2, 0.25) is 5.75 Å². The first-order valence-electron chi connectivity index (χ1n) is 8.77. The van der Waals surface area contributed by atoms with E-state index in [4.69, 9.17) is 18.9 Å². The highest BCUT2D eigenvalue weighted by molar-refractivity contribution is 6.39. The molecule has 0 atom stereocenters. The first-order chi connectivity index (χ1) is 13.4. The summed E-state index contributed by atoms with van der Waals surface area (Å²) in [6, 6.07) is 3.07. The summed E-state index contributed by atoms with van der Waals surface area (Å²) in [5.41, 5.74) is 0.331. The fraction of sp³-hybridized carbons (Fsp3) is 0.500. The summed E-state index contributed by atoms with van der Waals surface area (Å²) >= 11 is 0. The second kappa shape index (κ2) is 9.67. The summed E-state index contributed by atoms with van der Waals surface area (Å²) in [5, 5.41) is 2.54. The van der Waals surface area contributed by atoms with Crippen molar-refractivity contribution >= 4 is 23.6 Å². The molecular weight excluding hydrogens is 370 g/mol. The third-order valence-corrected chi connectivity index (χ3v) is 4.21. The number of anilines is 1. The molecule has 0 aromatic heterocycles. The molecule has 1 N–H and O–H groups in total. The van der Waals surface area contributed by atoms with Gasteiger partial charge in [0.15, 0.2) is 11.5 Å². The van der Waals surface area contributed by atoms with Crippen LogP contribution in [0.15, 0.2) is 12.1 Å². The highest BCUT2D eigenvalue weighted by Gasteiger charge is 2.28. The fourth-order valence-corrected chi connectivity index (χ4v) is 2.79. The minimum atomic E-state index is -0.793. The second-order valence-corrected chi connectivity index (χ2v) is 5.85. The van der Waals surface area contributed by atoms with Crippen molar-refractivity contribution in [2.75, 3.05) is 59.4 Å². The number of piperazine rings is 1. The van der Waals surface area contributed by atoms with Crippen LogP contribution in [0.3, 0.4) is 0 Å². The lowest BCUT2D eigenvalue weighted by Gasteiger charge is -2.33. The average Bonchev–Trinajstić information content (AvgIpc) is 2.72. The molecule has 1 aliphatic rings. The minimum Gasteiger partial charge on any atom is -0.493 e. The van der Waals surface area contributed by atoms with Crippen molar-refractivity contribution in [1.82, 2.24) is 9.80 Å². The van der Waals surface area contributed by atoms with Crippen molar-refractivity contribution in [2.45, 2.75) is 6.92 Å². The molecule has 154 valence electrons. The van der Waals surface area contributed by atoms with Crippen molar-refractivity contribution in [2.24, 2.45) is 0 Å². The number of nitrogens with zero attached hydrogens (tertiary/aromatic N) is 2. The Labute approximate surface area is 163 Å². The van der Waals surface area contributed by atoms with Gasteiger partial charge in [-0.05, 0) is 6.92 Å². The Morgan fingerprint density at radius 3 is 1.93 bits per heavy atom. The van der Waals surface area contributed by atoms with Crippen molar-refractivity contribution in [3.8, 4) is 17.2 Å². The van der Waals surface area contributed by atoms with Gasteiger partial charge >= 0.3 is 17.9 Å². The van der Waals surface area contributed by atoms with Crippen molar-refractivity contribution in [3.05, 3.63) is 12.1 Å². The Morgan fingerprint density at radius 2 is 1.46 bits per heavy atom. The van der Waals surface area contributed by atoms with E-state index in [1.165, 1.54) is 43.3 Å². The molecule has 2 rings (SSSR count). The molecule has 0 unspecified atom stereocenters. The number of hydrogen-bond acceptors (Lipinski definition) is 7. The monoisotopic (exact) mass is 395 g/mol. The maximum Gasteiger partial charge on any atom is 0.409 e. The lowest BCUT2D eigenvalue weighted by Crippen LogP contribution is -2.53. The van der Waals surface area contributed by atoms with Crippen LogP contribution < -0.4 is 19.5 Å². The van der Waals surface area contributed by atoms with Crippen LogP contribution in [-0.2, 0) is 14.3 Å². The van der Waals surface area contributed by atoms with Crippen LogP contribution >= 0.6 is 0 Å². The third-order valence-electron chi connectivity index (χ3n) is 4.21. The number of carbonyl (C=O) groups is 3. The summed E-state index contributed by atoms with van der Waals surface area (Å²) in [7, 11) is 4.38. The molecule has 28 heavy (non-hydrogen) atoms. The van der Waals surface area contributed by atoms with Gasteiger partial charge in [-0.15, -0.1) is 0 Å². The molecule has 1 aromatic rings. The van der Waals surface area contributed by atoms with Crippen LogP contribution in [0.4, 0.5) is 10.5 Å². The van der Waals surface area contributed by atoms with Gasteiger partial charge in [0.25, 0.3) is 0 Å². The lowest BCUT2D eigenvalue weighted by molar-refractivity contribution is -0.144. The number of carbonyl (C=O) groups excluding carboxylic acids is 3. The Hall–Kier alpha value is -3.17. The highest BCUT2D eigenvalue weighted by Crippen LogP contribution is 2.39. The summed E-state index contributed by atoms with van der Waals surface area (Å²) in [5.74, 6) is -0.388. The molecule has 10 heteroatoms. The molecule has 1 saturated heterocycles. The summed E-state index contributed by atoms with van der Waals surface area (Å²) < 4.78 is 20.6. The van der Waals surface area contributed by atoms with E-state index in [1.54, 1.807) is 6.92 Å². The molecule has 0 spiro atoms. The molecule has 3 amide bonds.